The Bertz CT molecular complexity index is 1440. The van der Waals surface area contributed by atoms with E-state index in [0.717, 1.165) is 17.5 Å². The van der Waals surface area contributed by atoms with Gasteiger partial charge in [0.15, 0.2) is 5.78 Å². The van der Waals surface area contributed by atoms with Crippen molar-refractivity contribution < 1.29 is 23.8 Å². The summed E-state index contributed by atoms with van der Waals surface area (Å²) in [5.41, 5.74) is 0.966. The second-order valence-electron chi connectivity index (χ2n) is 9.16. The smallest absolute Gasteiger partial charge is 0.307 e. The number of carbonyl (C=O) groups excluding carboxylic acids is 1. The predicted octanol–water partition coefficient (Wildman–Crippen LogP) is 5.25. The van der Waals surface area contributed by atoms with Gasteiger partial charge in [-0.3, -0.25) is 14.4 Å². The molecule has 2 aromatic carbocycles. The summed E-state index contributed by atoms with van der Waals surface area (Å²) in [7, 11) is 0. The summed E-state index contributed by atoms with van der Waals surface area (Å²) < 4.78 is 12.5. The summed E-state index contributed by atoms with van der Waals surface area (Å²) in [6, 6.07) is 12.1. The fourth-order valence-corrected chi connectivity index (χ4v) is 4.30. The predicted molar refractivity (Wildman–Crippen MR) is 139 cm³/mol. The van der Waals surface area contributed by atoms with E-state index in [2.05, 4.69) is 17.2 Å². The minimum atomic E-state index is -1.11. The number of hydrogen-bond acceptors (Lipinski definition) is 7. The maximum Gasteiger partial charge on any atom is 0.307 e. The summed E-state index contributed by atoms with van der Waals surface area (Å²) in [6.45, 7) is 2.83. The van der Waals surface area contributed by atoms with Crippen LogP contribution in [0.3, 0.4) is 0 Å². The van der Waals surface area contributed by atoms with Crippen molar-refractivity contribution in [2.45, 2.75) is 58.4 Å². The highest BCUT2D eigenvalue weighted by Crippen LogP contribution is 2.28. The highest BCUT2D eigenvalue weighted by molar-refractivity contribution is 6.08. The number of nitrogens with zero attached hydrogens (tertiary/aromatic N) is 3. The number of furan rings is 1. The molecule has 0 aliphatic rings. The molecule has 9 heteroatoms. The Labute approximate surface area is 214 Å². The molecule has 1 atom stereocenters. The molecule has 194 valence electrons. The third-order valence-electron chi connectivity index (χ3n) is 6.46. The topological polar surface area (TPSA) is 125 Å². The Morgan fingerprint density at radius 1 is 1.08 bits per heavy atom. The van der Waals surface area contributed by atoms with E-state index in [1.54, 1.807) is 42.5 Å². The molecule has 1 N–H and O–H groups in total. The molecular formula is C28H31N3O6. The molecule has 0 fully saturated rings. The average Bonchev–Trinajstić information content (AvgIpc) is 3.33. The number of aliphatic carboxylic acids is 1. The van der Waals surface area contributed by atoms with Crippen LogP contribution in [0, 0.1) is 5.92 Å². The van der Waals surface area contributed by atoms with E-state index in [9.17, 15) is 19.5 Å². The van der Waals surface area contributed by atoms with Crippen molar-refractivity contribution in [3.63, 3.8) is 0 Å². The molecule has 0 radical (unpaired) electrons. The first-order valence-corrected chi connectivity index (χ1v) is 12.7. The molecule has 4 rings (SSSR count). The van der Waals surface area contributed by atoms with Crippen LogP contribution < -0.4 is 10.3 Å². The van der Waals surface area contributed by atoms with Crippen molar-refractivity contribution in [2.75, 3.05) is 6.61 Å². The second-order valence-corrected chi connectivity index (χ2v) is 9.16. The van der Waals surface area contributed by atoms with Gasteiger partial charge in [-0.2, -0.15) is 0 Å². The lowest BCUT2D eigenvalue weighted by Crippen LogP contribution is -2.27. The van der Waals surface area contributed by atoms with Gasteiger partial charge < -0.3 is 14.3 Å². The maximum absolute atomic E-state index is 13.0. The van der Waals surface area contributed by atoms with E-state index < -0.39 is 11.9 Å². The van der Waals surface area contributed by atoms with Crippen LogP contribution in [0.2, 0.25) is 0 Å². The molecule has 0 bridgehead atoms. The number of aromatic nitrogens is 3. The van der Waals surface area contributed by atoms with Crippen LogP contribution in [0.5, 0.6) is 5.75 Å². The zero-order valence-corrected chi connectivity index (χ0v) is 20.9. The number of ketones is 1. The molecule has 0 aliphatic carbocycles. The molecule has 0 amide bonds. The number of carboxylic acids is 1. The maximum atomic E-state index is 13.0. The third kappa shape index (κ3) is 6.41. The lowest BCUT2D eigenvalue weighted by molar-refractivity contribution is -0.142. The van der Waals surface area contributed by atoms with E-state index in [0.29, 0.717) is 39.8 Å². The van der Waals surface area contributed by atoms with E-state index in [4.69, 9.17) is 9.15 Å². The SMILES string of the molecule is CCCCCCCOc1ccc2c(C(=O)CC(CCn3nnc4ccccc4c3=O)C(=O)O)coc2c1. The molecule has 0 saturated carbocycles. The Morgan fingerprint density at radius 2 is 1.89 bits per heavy atom. The number of fused-ring (bicyclic) bond motifs is 2. The number of aryl methyl sites for hydroxylation is 1. The van der Waals surface area contributed by atoms with Crippen LogP contribution in [-0.4, -0.2) is 38.5 Å². The second kappa shape index (κ2) is 12.3. The van der Waals surface area contributed by atoms with Gasteiger partial charge in [0.2, 0.25) is 0 Å². The van der Waals surface area contributed by atoms with Crippen molar-refractivity contribution in [2.24, 2.45) is 5.92 Å². The highest BCUT2D eigenvalue weighted by atomic mass is 16.5. The molecule has 2 aromatic heterocycles. The van der Waals surface area contributed by atoms with E-state index in [-0.39, 0.29) is 30.7 Å². The van der Waals surface area contributed by atoms with Crippen LogP contribution >= 0.6 is 0 Å². The van der Waals surface area contributed by atoms with E-state index >= 15 is 0 Å². The average molecular weight is 506 g/mol. The molecule has 0 aliphatic heterocycles. The normalized spacial score (nSPS) is 12.1. The first kappa shape index (κ1) is 26.1. The Kier molecular flexibility index (Phi) is 8.66. The van der Waals surface area contributed by atoms with Crippen molar-refractivity contribution in [1.82, 2.24) is 15.0 Å². The summed E-state index contributed by atoms with van der Waals surface area (Å²) in [4.78, 5) is 37.6. The number of benzene rings is 2. The number of unbranched alkanes of at least 4 members (excludes halogenated alkanes) is 4. The highest BCUT2D eigenvalue weighted by Gasteiger charge is 2.25. The lowest BCUT2D eigenvalue weighted by Gasteiger charge is -2.12. The number of carboxylic acid groups (broad SMARTS) is 1. The van der Waals surface area contributed by atoms with Crippen molar-refractivity contribution in [1.29, 1.82) is 0 Å². The first-order chi connectivity index (χ1) is 18.0. The lowest BCUT2D eigenvalue weighted by atomic mass is 9.95. The summed E-state index contributed by atoms with van der Waals surface area (Å²) in [5, 5.41) is 18.7. The molecule has 0 spiro atoms. The van der Waals surface area contributed by atoms with Crippen LogP contribution in [0.4, 0.5) is 0 Å². The molecule has 1 unspecified atom stereocenters. The van der Waals surface area contributed by atoms with Gasteiger partial charge in [-0.05, 0) is 37.1 Å². The first-order valence-electron chi connectivity index (χ1n) is 12.7. The van der Waals surface area contributed by atoms with Gasteiger partial charge in [-0.15, -0.1) is 5.10 Å². The fraction of sp³-hybridized carbons (Fsp3) is 0.393. The van der Waals surface area contributed by atoms with Crippen LogP contribution in [-0.2, 0) is 11.3 Å². The summed E-state index contributed by atoms with van der Waals surface area (Å²) in [6.07, 6.45) is 6.93. The number of ether oxygens (including phenoxy) is 1. The third-order valence-corrected chi connectivity index (χ3v) is 6.46. The zero-order chi connectivity index (χ0) is 26.2. The Morgan fingerprint density at radius 3 is 2.70 bits per heavy atom. The van der Waals surface area contributed by atoms with E-state index in [1.165, 1.54) is 25.5 Å². The number of rotatable bonds is 14. The molecule has 0 saturated heterocycles. The minimum Gasteiger partial charge on any atom is -0.493 e. The molecular weight excluding hydrogens is 474 g/mol. The number of carbonyl (C=O) groups is 2. The van der Waals surface area contributed by atoms with Crippen molar-refractivity contribution >= 4 is 33.6 Å². The van der Waals surface area contributed by atoms with Gasteiger partial charge in [-0.25, -0.2) is 4.68 Å². The van der Waals surface area contributed by atoms with Gasteiger partial charge in [0.25, 0.3) is 5.56 Å². The molecule has 2 heterocycles. The quantitative estimate of drug-likeness (QED) is 0.182. The summed E-state index contributed by atoms with van der Waals surface area (Å²) in [5.74, 6) is -1.78. The molecule has 37 heavy (non-hydrogen) atoms. The largest absolute Gasteiger partial charge is 0.493 e. The van der Waals surface area contributed by atoms with Crippen LogP contribution in [0.25, 0.3) is 21.9 Å². The van der Waals surface area contributed by atoms with Gasteiger partial charge in [-0.1, -0.05) is 50.0 Å². The number of Topliss-reactive ketones (excluding diaryl/α,β-unsaturated/α-hetero) is 1. The Hall–Kier alpha value is -4.01. The van der Waals surface area contributed by atoms with Crippen molar-refractivity contribution in [3.8, 4) is 5.75 Å². The Balaban J connectivity index is 1.38. The van der Waals surface area contributed by atoms with Gasteiger partial charge in [0.05, 0.1) is 23.5 Å². The fourth-order valence-electron chi connectivity index (χ4n) is 4.30. The zero-order valence-electron chi connectivity index (χ0n) is 20.9. The number of hydrogen-bond donors (Lipinski definition) is 1. The van der Waals surface area contributed by atoms with Crippen LogP contribution in [0.1, 0.15) is 62.2 Å². The minimum absolute atomic E-state index is 0.0339. The van der Waals surface area contributed by atoms with E-state index in [1.807, 2.05) is 0 Å². The molecule has 9 nitrogen and oxygen atoms in total. The standard InChI is InChI=1S/C28H31N3O6/c1-2-3-4-5-8-15-36-20-11-12-21-23(18-37-26(21)17-20)25(32)16-19(28(34)35)13-14-31-27(33)22-9-6-7-10-24(22)29-30-31/h6-7,9-12,17-19H,2-5,8,13-16H2,1H3,(H,34,35). The van der Waals surface area contributed by atoms with Crippen LogP contribution in [0.15, 0.2) is 57.9 Å². The van der Waals surface area contributed by atoms with Gasteiger partial charge in [0, 0.05) is 24.4 Å². The monoisotopic (exact) mass is 505 g/mol. The van der Waals surface area contributed by atoms with Gasteiger partial charge in [0.1, 0.15) is 23.1 Å². The summed E-state index contributed by atoms with van der Waals surface area (Å²) >= 11 is 0. The van der Waals surface area contributed by atoms with Crippen molar-refractivity contribution in [3.05, 3.63) is 64.6 Å². The molecule has 4 aromatic rings. The van der Waals surface area contributed by atoms with Gasteiger partial charge >= 0.3 is 5.97 Å².